The van der Waals surface area contributed by atoms with Crippen LogP contribution in [0.4, 0.5) is 4.39 Å². The summed E-state index contributed by atoms with van der Waals surface area (Å²) in [4.78, 5) is 34.2. The number of rotatable bonds is 5. The molecular weight excluding hydrogens is 507 g/mol. The third-order valence-corrected chi connectivity index (χ3v) is 6.12. The van der Waals surface area contributed by atoms with Crippen LogP contribution < -0.4 is 10.9 Å². The maximum absolute atomic E-state index is 13.3. The number of hydrogen-bond donors (Lipinski definition) is 2. The van der Waals surface area contributed by atoms with Crippen molar-refractivity contribution in [3.8, 4) is 16.9 Å². The maximum Gasteiger partial charge on any atom is 0.270 e. The third-order valence-electron chi connectivity index (χ3n) is 5.76. The van der Waals surface area contributed by atoms with Gasteiger partial charge in [0.05, 0.1) is 28.2 Å². The van der Waals surface area contributed by atoms with Gasteiger partial charge < -0.3 is 0 Å². The number of hydrogen-bond acceptors (Lipinski definition) is 5. The van der Waals surface area contributed by atoms with Crippen LogP contribution in [0.1, 0.15) is 21.6 Å². The monoisotopic (exact) mass is 526 g/mol. The van der Waals surface area contributed by atoms with Crippen LogP contribution in [0.5, 0.6) is 0 Å². The van der Waals surface area contributed by atoms with E-state index in [4.69, 9.17) is 11.6 Å². The second-order valence-electron chi connectivity index (χ2n) is 8.26. The zero-order valence-electron chi connectivity index (χ0n) is 20.0. The van der Waals surface area contributed by atoms with Gasteiger partial charge in [-0.25, -0.2) is 14.1 Å². The van der Waals surface area contributed by atoms with Crippen molar-refractivity contribution >= 4 is 40.4 Å². The molecule has 3 heterocycles. The number of halogens is 2. The molecule has 3 aromatic heterocycles. The molecule has 10 heteroatoms. The van der Waals surface area contributed by atoms with E-state index in [0.717, 1.165) is 5.56 Å². The molecule has 0 fully saturated rings. The molecular formula is C28H20ClFN6O2. The molecule has 0 spiro atoms. The minimum atomic E-state index is -0.573. The highest BCUT2D eigenvalue weighted by atomic mass is 35.5. The summed E-state index contributed by atoms with van der Waals surface area (Å²) in [5.74, 6) is -1.45. The number of carbonyl (C=O) groups excluding carboxylic acids is 2. The molecule has 0 aliphatic heterocycles. The van der Waals surface area contributed by atoms with E-state index >= 15 is 0 Å². The van der Waals surface area contributed by atoms with E-state index in [1.807, 2.05) is 18.2 Å². The molecule has 188 valence electrons. The van der Waals surface area contributed by atoms with Crippen LogP contribution in [0.15, 0.2) is 85.2 Å². The zero-order chi connectivity index (χ0) is 26.6. The van der Waals surface area contributed by atoms with E-state index in [2.05, 4.69) is 25.9 Å². The van der Waals surface area contributed by atoms with E-state index in [0.29, 0.717) is 39.1 Å². The van der Waals surface area contributed by atoms with Gasteiger partial charge in [-0.2, -0.15) is 5.10 Å². The van der Waals surface area contributed by atoms with Gasteiger partial charge in [0.25, 0.3) is 11.8 Å². The van der Waals surface area contributed by atoms with Crippen molar-refractivity contribution in [1.82, 2.24) is 30.6 Å². The summed E-state index contributed by atoms with van der Waals surface area (Å²) in [5, 5.41) is 5.26. The molecule has 0 saturated carbocycles. The molecule has 0 atom stereocenters. The van der Waals surface area contributed by atoms with E-state index in [1.54, 1.807) is 55.7 Å². The zero-order valence-corrected chi connectivity index (χ0v) is 20.8. The quantitative estimate of drug-likeness (QED) is 0.246. The molecule has 0 saturated heterocycles. The van der Waals surface area contributed by atoms with Gasteiger partial charge in [0.1, 0.15) is 11.0 Å². The van der Waals surface area contributed by atoms with Crippen LogP contribution in [-0.4, -0.2) is 31.6 Å². The Morgan fingerprint density at radius 1 is 1.00 bits per heavy atom. The van der Waals surface area contributed by atoms with Gasteiger partial charge in [-0.3, -0.25) is 25.4 Å². The average Bonchev–Trinajstić information content (AvgIpc) is 3.23. The number of fused-ring (bicyclic) bond motifs is 1. The first-order valence-electron chi connectivity index (χ1n) is 11.5. The molecule has 5 aromatic rings. The van der Waals surface area contributed by atoms with Gasteiger partial charge >= 0.3 is 0 Å². The Morgan fingerprint density at radius 2 is 1.74 bits per heavy atom. The Balaban J connectivity index is 1.32. The highest BCUT2D eigenvalue weighted by Gasteiger charge is 2.15. The van der Waals surface area contributed by atoms with Crippen molar-refractivity contribution in [3.05, 3.63) is 113 Å². The average molecular weight is 527 g/mol. The number of aromatic nitrogens is 4. The molecule has 0 radical (unpaired) electrons. The van der Waals surface area contributed by atoms with Gasteiger partial charge in [-0.05, 0) is 61.5 Å². The van der Waals surface area contributed by atoms with E-state index in [-0.39, 0.29) is 11.0 Å². The Labute approximate surface area is 221 Å². The number of carbonyl (C=O) groups is 2. The van der Waals surface area contributed by atoms with Gasteiger partial charge in [0.15, 0.2) is 0 Å². The van der Waals surface area contributed by atoms with Gasteiger partial charge in [-0.1, -0.05) is 29.8 Å². The first-order valence-corrected chi connectivity index (χ1v) is 11.9. The molecule has 8 nitrogen and oxygen atoms in total. The number of para-hydroxylation sites is 1. The Hall–Kier alpha value is -4.89. The summed E-state index contributed by atoms with van der Waals surface area (Å²) in [6.07, 6.45) is 6.03. The first kappa shape index (κ1) is 24.8. The largest absolute Gasteiger partial charge is 0.270 e. The summed E-state index contributed by atoms with van der Waals surface area (Å²) in [7, 11) is 0. The van der Waals surface area contributed by atoms with Crippen LogP contribution in [-0.2, 0) is 4.79 Å². The van der Waals surface area contributed by atoms with Crippen molar-refractivity contribution in [3.63, 3.8) is 0 Å². The summed E-state index contributed by atoms with van der Waals surface area (Å²) < 4.78 is 14.7. The molecule has 0 unspecified atom stereocenters. The molecule has 38 heavy (non-hydrogen) atoms. The smallest absolute Gasteiger partial charge is 0.268 e. The van der Waals surface area contributed by atoms with Crippen molar-refractivity contribution < 1.29 is 14.0 Å². The Morgan fingerprint density at radius 3 is 2.50 bits per heavy atom. The summed E-state index contributed by atoms with van der Waals surface area (Å²) in [5.41, 5.74) is 8.90. The van der Waals surface area contributed by atoms with Crippen molar-refractivity contribution in [2.75, 3.05) is 0 Å². The van der Waals surface area contributed by atoms with E-state index in [9.17, 15) is 14.0 Å². The minimum absolute atomic E-state index is 0.258. The molecule has 2 aromatic carbocycles. The van der Waals surface area contributed by atoms with Crippen LogP contribution in [0.25, 0.3) is 33.9 Å². The Kier molecular flexibility index (Phi) is 6.92. The van der Waals surface area contributed by atoms with Gasteiger partial charge in [0, 0.05) is 35.0 Å². The van der Waals surface area contributed by atoms with E-state index < -0.39 is 11.8 Å². The van der Waals surface area contributed by atoms with Crippen molar-refractivity contribution in [2.24, 2.45) is 0 Å². The van der Waals surface area contributed by atoms with Crippen LogP contribution >= 0.6 is 11.6 Å². The molecule has 5 rings (SSSR count). The second kappa shape index (κ2) is 10.6. The first-order chi connectivity index (χ1) is 18.4. The Bertz CT molecular complexity index is 1680. The number of aryl methyl sites for hydroxylation is 1. The predicted octanol–water partition coefficient (Wildman–Crippen LogP) is 5.06. The minimum Gasteiger partial charge on any atom is -0.268 e. The SMILES string of the molecule is Cc1nn(-c2ccc(F)cc2)c(Cl)c1/C=C/C(=O)NNC(=O)c1cc(-c2ccncc2)nc2ccccc12. The predicted molar refractivity (Wildman–Crippen MR) is 143 cm³/mol. The fourth-order valence-corrected chi connectivity index (χ4v) is 4.21. The molecule has 0 bridgehead atoms. The number of nitrogens with zero attached hydrogens (tertiary/aromatic N) is 4. The standard InChI is InChI=1S/C28H20ClFN6O2/c1-17-21(27(29)36(35-17)20-8-6-19(30)7-9-20)10-11-26(37)33-34-28(38)23-16-25(18-12-14-31-15-13-18)32-24-5-3-2-4-22(23)24/h2-16H,1H3,(H,33,37)(H,34,38)/b11-10+. The van der Waals surface area contributed by atoms with Crippen molar-refractivity contribution in [1.29, 1.82) is 0 Å². The van der Waals surface area contributed by atoms with Crippen LogP contribution in [0.3, 0.4) is 0 Å². The number of hydrazine groups is 1. The van der Waals surface area contributed by atoms with Crippen molar-refractivity contribution in [2.45, 2.75) is 6.92 Å². The highest BCUT2D eigenvalue weighted by molar-refractivity contribution is 6.31. The number of benzene rings is 2. The molecule has 2 amide bonds. The maximum atomic E-state index is 13.3. The second-order valence-corrected chi connectivity index (χ2v) is 8.62. The summed E-state index contributed by atoms with van der Waals surface area (Å²) >= 11 is 6.46. The number of nitrogens with one attached hydrogen (secondary N) is 2. The lowest BCUT2D eigenvalue weighted by molar-refractivity contribution is -0.117. The summed E-state index contributed by atoms with van der Waals surface area (Å²) in [6.45, 7) is 1.74. The topological polar surface area (TPSA) is 102 Å². The molecule has 0 aliphatic rings. The molecule has 0 aliphatic carbocycles. The normalized spacial score (nSPS) is 11.1. The number of amides is 2. The fraction of sp³-hybridized carbons (Fsp3) is 0.0357. The molecule has 2 N–H and O–H groups in total. The van der Waals surface area contributed by atoms with E-state index in [1.165, 1.54) is 29.0 Å². The third kappa shape index (κ3) is 5.14. The lowest BCUT2D eigenvalue weighted by Crippen LogP contribution is -2.40. The highest BCUT2D eigenvalue weighted by Crippen LogP contribution is 2.26. The van der Waals surface area contributed by atoms with Gasteiger partial charge in [0.2, 0.25) is 0 Å². The lowest BCUT2D eigenvalue weighted by atomic mass is 10.0. The lowest BCUT2D eigenvalue weighted by Gasteiger charge is -2.10. The van der Waals surface area contributed by atoms with Crippen LogP contribution in [0, 0.1) is 12.7 Å². The van der Waals surface area contributed by atoms with Gasteiger partial charge in [-0.15, -0.1) is 0 Å². The fourth-order valence-electron chi connectivity index (χ4n) is 3.87. The number of pyridine rings is 2. The summed E-state index contributed by atoms with van der Waals surface area (Å²) in [6, 6.07) is 18.2. The van der Waals surface area contributed by atoms with Crippen LogP contribution in [0.2, 0.25) is 5.15 Å².